The van der Waals surface area contributed by atoms with Crippen molar-refractivity contribution in [2.24, 2.45) is 5.92 Å². The number of hydrogen-bond donors (Lipinski definition) is 2. The highest BCUT2D eigenvalue weighted by atomic mass is 16.5. The molecule has 1 aromatic carbocycles. The van der Waals surface area contributed by atoms with Crippen LogP contribution >= 0.6 is 0 Å². The maximum atomic E-state index is 11.9. The quantitative estimate of drug-likeness (QED) is 0.860. The second-order valence-electron chi connectivity index (χ2n) is 5.49. The molecule has 2 aromatic rings. The molecule has 0 aliphatic rings. The number of amides is 1. The molecule has 0 saturated carbocycles. The fourth-order valence-corrected chi connectivity index (χ4v) is 1.97. The van der Waals surface area contributed by atoms with Crippen molar-refractivity contribution < 1.29 is 14.6 Å². The van der Waals surface area contributed by atoms with Gasteiger partial charge in [-0.25, -0.2) is 4.98 Å². The molecule has 5 nitrogen and oxygen atoms in total. The average molecular weight is 302 g/mol. The number of hydrogen-bond acceptors (Lipinski definition) is 4. The van der Waals surface area contributed by atoms with Crippen LogP contribution in [0, 0.1) is 5.92 Å². The lowest BCUT2D eigenvalue weighted by Gasteiger charge is -2.13. The molecule has 0 radical (unpaired) electrons. The summed E-state index contributed by atoms with van der Waals surface area (Å²) < 4.78 is 5.56. The van der Waals surface area contributed by atoms with Gasteiger partial charge < -0.3 is 15.2 Å². The largest absolute Gasteiger partial charge is 0.488 e. The van der Waals surface area contributed by atoms with Crippen molar-refractivity contribution in [1.82, 2.24) is 4.98 Å². The predicted molar refractivity (Wildman–Crippen MR) is 87.0 cm³/mol. The number of nitrogens with one attached hydrogen (secondary N) is 1. The standard InChI is InChI=1S/C17H22N2O3/c1-4-11(2)17(21)19-16-8-13-5-6-15(22-12(3)10-20)7-14(13)9-18-16/h5-9,11-12,20H,4,10H2,1-3H3,(H,18,19,21). The van der Waals surface area contributed by atoms with Crippen molar-refractivity contribution in [3.8, 4) is 5.75 Å². The van der Waals surface area contributed by atoms with Crippen LogP contribution < -0.4 is 10.1 Å². The molecule has 118 valence electrons. The molecule has 0 aliphatic carbocycles. The second kappa shape index (κ2) is 7.22. The minimum Gasteiger partial charge on any atom is -0.488 e. The molecule has 1 heterocycles. The van der Waals surface area contributed by atoms with Crippen molar-refractivity contribution in [2.75, 3.05) is 11.9 Å². The van der Waals surface area contributed by atoms with Crippen LogP contribution in [0.4, 0.5) is 5.82 Å². The molecule has 1 amide bonds. The number of rotatable bonds is 6. The molecule has 0 aliphatic heterocycles. The second-order valence-corrected chi connectivity index (χ2v) is 5.49. The van der Waals surface area contributed by atoms with E-state index in [0.29, 0.717) is 11.6 Å². The topological polar surface area (TPSA) is 71.5 Å². The van der Waals surface area contributed by atoms with Crippen LogP contribution in [0.25, 0.3) is 10.8 Å². The van der Waals surface area contributed by atoms with Gasteiger partial charge in [-0.3, -0.25) is 4.79 Å². The number of fused-ring (bicyclic) bond motifs is 1. The molecule has 2 rings (SSSR count). The van der Waals surface area contributed by atoms with E-state index >= 15 is 0 Å². The summed E-state index contributed by atoms with van der Waals surface area (Å²) >= 11 is 0. The first-order chi connectivity index (χ1) is 10.5. The molecule has 22 heavy (non-hydrogen) atoms. The van der Waals surface area contributed by atoms with E-state index < -0.39 is 0 Å². The van der Waals surface area contributed by atoms with Gasteiger partial charge in [0.1, 0.15) is 17.7 Å². The predicted octanol–water partition coefficient (Wildman–Crippen LogP) is 2.98. The van der Waals surface area contributed by atoms with Gasteiger partial charge in [0.15, 0.2) is 0 Å². The Bertz CT molecular complexity index is 657. The third-order valence-electron chi connectivity index (χ3n) is 3.60. The van der Waals surface area contributed by atoms with Gasteiger partial charge in [-0.15, -0.1) is 0 Å². The van der Waals surface area contributed by atoms with Crippen LogP contribution in [-0.2, 0) is 4.79 Å². The van der Waals surface area contributed by atoms with Crippen molar-refractivity contribution in [1.29, 1.82) is 0 Å². The number of pyridine rings is 1. The molecule has 1 aromatic heterocycles. The van der Waals surface area contributed by atoms with Crippen LogP contribution in [0.5, 0.6) is 5.75 Å². The molecular weight excluding hydrogens is 280 g/mol. The maximum absolute atomic E-state index is 11.9. The van der Waals surface area contributed by atoms with Gasteiger partial charge in [0.05, 0.1) is 6.61 Å². The first-order valence-electron chi connectivity index (χ1n) is 7.51. The van der Waals surface area contributed by atoms with Gasteiger partial charge in [-0.2, -0.15) is 0 Å². The Kier molecular flexibility index (Phi) is 5.33. The Hall–Kier alpha value is -2.14. The third kappa shape index (κ3) is 3.95. The van der Waals surface area contributed by atoms with E-state index in [1.165, 1.54) is 0 Å². The number of aliphatic hydroxyl groups excluding tert-OH is 1. The summed E-state index contributed by atoms with van der Waals surface area (Å²) in [4.78, 5) is 16.2. The SMILES string of the molecule is CCC(C)C(=O)Nc1cc2ccc(OC(C)CO)cc2cn1. The minimum absolute atomic E-state index is 0.0222. The lowest BCUT2D eigenvalue weighted by molar-refractivity contribution is -0.119. The van der Waals surface area contributed by atoms with E-state index in [1.54, 1.807) is 13.1 Å². The van der Waals surface area contributed by atoms with E-state index in [9.17, 15) is 4.79 Å². The highest BCUT2D eigenvalue weighted by Gasteiger charge is 2.11. The van der Waals surface area contributed by atoms with Crippen LogP contribution in [0.3, 0.4) is 0 Å². The Morgan fingerprint density at radius 2 is 2.09 bits per heavy atom. The Labute approximate surface area is 130 Å². The number of aliphatic hydroxyl groups is 1. The van der Waals surface area contributed by atoms with Crippen molar-refractivity contribution >= 4 is 22.5 Å². The fraction of sp³-hybridized carbons (Fsp3) is 0.412. The summed E-state index contributed by atoms with van der Waals surface area (Å²) in [5, 5.41) is 13.7. The first-order valence-corrected chi connectivity index (χ1v) is 7.51. The molecule has 0 fully saturated rings. The molecular formula is C17H22N2O3. The minimum atomic E-state index is -0.250. The van der Waals surface area contributed by atoms with E-state index in [0.717, 1.165) is 17.2 Å². The van der Waals surface area contributed by atoms with Crippen LogP contribution in [0.2, 0.25) is 0 Å². The summed E-state index contributed by atoms with van der Waals surface area (Å²) in [5.41, 5.74) is 0. The molecule has 0 saturated heterocycles. The van der Waals surface area contributed by atoms with E-state index in [2.05, 4.69) is 10.3 Å². The van der Waals surface area contributed by atoms with Gasteiger partial charge in [0.25, 0.3) is 0 Å². The summed E-state index contributed by atoms with van der Waals surface area (Å²) in [6.45, 7) is 5.64. The number of carbonyl (C=O) groups is 1. The lowest BCUT2D eigenvalue weighted by atomic mass is 10.1. The monoisotopic (exact) mass is 302 g/mol. The molecule has 2 unspecified atom stereocenters. The van der Waals surface area contributed by atoms with Crippen molar-refractivity contribution in [3.63, 3.8) is 0 Å². The number of nitrogens with zero attached hydrogens (tertiary/aromatic N) is 1. The molecule has 5 heteroatoms. The average Bonchev–Trinajstić information content (AvgIpc) is 2.53. The lowest BCUT2D eigenvalue weighted by Crippen LogP contribution is -2.20. The molecule has 0 bridgehead atoms. The number of benzene rings is 1. The fourth-order valence-electron chi connectivity index (χ4n) is 1.97. The molecule has 2 atom stereocenters. The van der Waals surface area contributed by atoms with E-state index in [-0.39, 0.29) is 24.5 Å². The highest BCUT2D eigenvalue weighted by molar-refractivity contribution is 5.94. The number of ether oxygens (including phenoxy) is 1. The summed E-state index contributed by atoms with van der Waals surface area (Å²) in [7, 11) is 0. The third-order valence-corrected chi connectivity index (χ3v) is 3.60. The van der Waals surface area contributed by atoms with Gasteiger partial charge in [0, 0.05) is 17.5 Å². The summed E-state index contributed by atoms with van der Waals surface area (Å²) in [6.07, 6.45) is 2.25. The number of carbonyl (C=O) groups excluding carboxylic acids is 1. The zero-order valence-electron chi connectivity index (χ0n) is 13.2. The molecule has 0 spiro atoms. The summed E-state index contributed by atoms with van der Waals surface area (Å²) in [6, 6.07) is 7.47. The Morgan fingerprint density at radius 1 is 1.32 bits per heavy atom. The van der Waals surface area contributed by atoms with Crippen LogP contribution in [0.1, 0.15) is 27.2 Å². The Balaban J connectivity index is 2.18. The number of aromatic nitrogens is 1. The highest BCUT2D eigenvalue weighted by Crippen LogP contribution is 2.23. The smallest absolute Gasteiger partial charge is 0.228 e. The zero-order valence-corrected chi connectivity index (χ0v) is 13.2. The van der Waals surface area contributed by atoms with Crippen LogP contribution in [0.15, 0.2) is 30.5 Å². The van der Waals surface area contributed by atoms with Crippen molar-refractivity contribution in [2.45, 2.75) is 33.3 Å². The van der Waals surface area contributed by atoms with Gasteiger partial charge in [-0.1, -0.05) is 19.9 Å². The van der Waals surface area contributed by atoms with Crippen LogP contribution in [-0.4, -0.2) is 28.7 Å². The Morgan fingerprint density at radius 3 is 2.77 bits per heavy atom. The van der Waals surface area contributed by atoms with Gasteiger partial charge in [0.2, 0.25) is 5.91 Å². The van der Waals surface area contributed by atoms with E-state index in [1.807, 2.05) is 38.1 Å². The first kappa shape index (κ1) is 16.2. The maximum Gasteiger partial charge on any atom is 0.228 e. The number of anilines is 1. The van der Waals surface area contributed by atoms with Gasteiger partial charge >= 0.3 is 0 Å². The van der Waals surface area contributed by atoms with Crippen molar-refractivity contribution in [3.05, 3.63) is 30.5 Å². The van der Waals surface area contributed by atoms with Gasteiger partial charge in [-0.05, 0) is 36.9 Å². The zero-order chi connectivity index (χ0) is 16.1. The summed E-state index contributed by atoms with van der Waals surface area (Å²) in [5.74, 6) is 1.18. The van der Waals surface area contributed by atoms with E-state index in [4.69, 9.17) is 9.84 Å². The normalized spacial score (nSPS) is 13.6. The molecule has 2 N–H and O–H groups in total.